The molecule has 6 nitrogen and oxygen atoms in total. The number of nitrogens with zero attached hydrogens (tertiary/aromatic N) is 3. The van der Waals surface area contributed by atoms with Crippen molar-refractivity contribution in [2.24, 2.45) is 0 Å². The summed E-state index contributed by atoms with van der Waals surface area (Å²) >= 11 is 1.52. The zero-order valence-electron chi connectivity index (χ0n) is 9.98. The summed E-state index contributed by atoms with van der Waals surface area (Å²) in [5.74, 6) is 0.557. The normalized spacial score (nSPS) is 12.9. The van der Waals surface area contributed by atoms with Crippen LogP contribution >= 0.6 is 19.4 Å². The molecule has 0 unspecified atom stereocenters. The molecule has 0 bridgehead atoms. The van der Waals surface area contributed by atoms with E-state index in [9.17, 15) is 4.57 Å². The lowest BCUT2D eigenvalue weighted by molar-refractivity contribution is 0.363. The van der Waals surface area contributed by atoms with E-state index in [1.165, 1.54) is 18.1 Å². The van der Waals surface area contributed by atoms with Gasteiger partial charge in [-0.25, -0.2) is 9.67 Å². The number of rotatable bonds is 7. The Balaban J connectivity index is 2.67. The van der Waals surface area contributed by atoms with Crippen molar-refractivity contribution in [3.8, 4) is 0 Å². The van der Waals surface area contributed by atoms with Gasteiger partial charge in [0.15, 0.2) is 0 Å². The summed E-state index contributed by atoms with van der Waals surface area (Å²) in [7, 11) is -3.99. The first kappa shape index (κ1) is 14.7. The van der Waals surface area contributed by atoms with Crippen LogP contribution in [0.4, 0.5) is 0 Å². The average Bonchev–Trinajstić information content (AvgIpc) is 2.75. The highest BCUT2D eigenvalue weighted by molar-refractivity contribution is 8.00. The largest absolute Gasteiger partial charge is 0.326 e. The summed E-state index contributed by atoms with van der Waals surface area (Å²) in [5.41, 5.74) is 0. The van der Waals surface area contributed by atoms with Crippen LogP contribution in [0.5, 0.6) is 0 Å². The maximum Gasteiger partial charge on any atom is 0.326 e. The van der Waals surface area contributed by atoms with Crippen molar-refractivity contribution in [1.29, 1.82) is 0 Å². The van der Waals surface area contributed by atoms with Crippen LogP contribution in [-0.2, 0) is 10.4 Å². The molecule has 1 aromatic heterocycles. The first-order valence-electron chi connectivity index (χ1n) is 5.42. The quantitative estimate of drug-likeness (QED) is 0.739. The highest BCUT2D eigenvalue weighted by atomic mass is 32.2. The van der Waals surface area contributed by atoms with Crippen molar-refractivity contribution >= 4 is 19.4 Å². The SMILES string of the molecule is CCC(CC)(CP(=O)(O)O)SCn1cncn1. The first-order chi connectivity index (χ1) is 7.91. The monoisotopic (exact) mass is 279 g/mol. The second-order valence-corrected chi connectivity index (χ2v) is 6.98. The molecule has 1 heterocycles. The van der Waals surface area contributed by atoms with Gasteiger partial charge >= 0.3 is 7.60 Å². The fourth-order valence-electron chi connectivity index (χ4n) is 1.60. The van der Waals surface area contributed by atoms with Crippen molar-refractivity contribution < 1.29 is 14.4 Å². The van der Waals surface area contributed by atoms with Crippen molar-refractivity contribution in [2.75, 3.05) is 6.16 Å². The average molecular weight is 279 g/mol. The molecule has 0 spiro atoms. The topological polar surface area (TPSA) is 88.2 Å². The van der Waals surface area contributed by atoms with Gasteiger partial charge in [-0.15, -0.1) is 11.8 Å². The summed E-state index contributed by atoms with van der Waals surface area (Å²) in [5, 5.41) is 3.98. The Kier molecular flexibility index (Phi) is 5.19. The maximum absolute atomic E-state index is 11.2. The van der Waals surface area contributed by atoms with E-state index in [0.29, 0.717) is 18.7 Å². The van der Waals surface area contributed by atoms with Gasteiger partial charge in [-0.3, -0.25) is 4.57 Å². The highest BCUT2D eigenvalue weighted by Crippen LogP contribution is 2.47. The molecule has 0 aliphatic rings. The third-order valence-electron chi connectivity index (χ3n) is 2.75. The van der Waals surface area contributed by atoms with Crippen LogP contribution < -0.4 is 0 Å². The van der Waals surface area contributed by atoms with E-state index < -0.39 is 12.3 Å². The first-order valence-corrected chi connectivity index (χ1v) is 8.20. The summed E-state index contributed by atoms with van der Waals surface area (Å²) in [6, 6.07) is 0. The zero-order chi connectivity index (χ0) is 12.9. The number of thioether (sulfide) groups is 1. The molecule has 0 aromatic carbocycles. The van der Waals surface area contributed by atoms with Crippen molar-refractivity contribution in [3.63, 3.8) is 0 Å². The van der Waals surface area contributed by atoms with Gasteiger partial charge in [-0.1, -0.05) is 13.8 Å². The smallest absolute Gasteiger partial charge is 0.324 e. The van der Waals surface area contributed by atoms with E-state index in [-0.39, 0.29) is 6.16 Å². The summed E-state index contributed by atoms with van der Waals surface area (Å²) in [4.78, 5) is 22.1. The second kappa shape index (κ2) is 6.00. The van der Waals surface area contributed by atoms with Gasteiger partial charge < -0.3 is 9.79 Å². The summed E-state index contributed by atoms with van der Waals surface area (Å²) < 4.78 is 12.4. The molecule has 0 aliphatic carbocycles. The fourth-order valence-corrected chi connectivity index (χ4v) is 4.62. The summed E-state index contributed by atoms with van der Waals surface area (Å²) in [6.45, 7) is 3.90. The Morgan fingerprint density at radius 1 is 1.41 bits per heavy atom. The lowest BCUT2D eigenvalue weighted by atomic mass is 10.1. The Labute approximate surface area is 105 Å². The molecule has 0 atom stereocenters. The van der Waals surface area contributed by atoms with Crippen LogP contribution in [0.15, 0.2) is 12.7 Å². The van der Waals surface area contributed by atoms with Crippen LogP contribution in [0.3, 0.4) is 0 Å². The molecule has 17 heavy (non-hydrogen) atoms. The molecule has 98 valence electrons. The van der Waals surface area contributed by atoms with Gasteiger partial charge in [-0.2, -0.15) is 5.10 Å². The van der Waals surface area contributed by atoms with Gasteiger partial charge in [0.1, 0.15) is 12.7 Å². The number of aromatic nitrogens is 3. The molecule has 0 aliphatic heterocycles. The Bertz CT molecular complexity index is 375. The molecule has 0 saturated carbocycles. The van der Waals surface area contributed by atoms with Crippen molar-refractivity contribution in [2.45, 2.75) is 37.3 Å². The molecule has 0 fully saturated rings. The van der Waals surface area contributed by atoms with Crippen LogP contribution in [-0.4, -0.2) is 35.5 Å². The minimum atomic E-state index is -3.99. The maximum atomic E-state index is 11.2. The van der Waals surface area contributed by atoms with E-state index in [1.807, 2.05) is 13.8 Å². The van der Waals surface area contributed by atoms with Gasteiger partial charge in [0.05, 0.1) is 12.0 Å². The van der Waals surface area contributed by atoms with E-state index >= 15 is 0 Å². The fraction of sp³-hybridized carbons (Fsp3) is 0.778. The van der Waals surface area contributed by atoms with Crippen LogP contribution in [0.25, 0.3) is 0 Å². The van der Waals surface area contributed by atoms with Gasteiger partial charge in [0.2, 0.25) is 0 Å². The molecule has 8 heteroatoms. The molecule has 1 rings (SSSR count). The predicted octanol–water partition coefficient (Wildman–Crippen LogP) is 1.71. The van der Waals surface area contributed by atoms with Gasteiger partial charge in [0, 0.05) is 4.75 Å². The van der Waals surface area contributed by atoms with Crippen molar-refractivity contribution in [1.82, 2.24) is 14.8 Å². The van der Waals surface area contributed by atoms with E-state index in [2.05, 4.69) is 10.1 Å². The van der Waals surface area contributed by atoms with Crippen LogP contribution in [0, 0.1) is 0 Å². The van der Waals surface area contributed by atoms with Gasteiger partial charge in [-0.05, 0) is 12.8 Å². The molecular weight excluding hydrogens is 261 g/mol. The molecule has 1 aromatic rings. The van der Waals surface area contributed by atoms with Crippen LogP contribution in [0.1, 0.15) is 26.7 Å². The Hall–Kier alpha value is -0.360. The second-order valence-electron chi connectivity index (χ2n) is 3.92. The molecule has 0 radical (unpaired) electrons. The van der Waals surface area contributed by atoms with E-state index in [0.717, 1.165) is 0 Å². The molecule has 0 saturated heterocycles. The third kappa shape index (κ3) is 4.79. The minimum Gasteiger partial charge on any atom is -0.324 e. The molecule has 0 amide bonds. The van der Waals surface area contributed by atoms with Crippen LogP contribution in [0.2, 0.25) is 0 Å². The molecule has 2 N–H and O–H groups in total. The Morgan fingerprint density at radius 3 is 2.47 bits per heavy atom. The predicted molar refractivity (Wildman–Crippen MR) is 67.8 cm³/mol. The lowest BCUT2D eigenvalue weighted by Gasteiger charge is -2.31. The van der Waals surface area contributed by atoms with E-state index in [1.54, 1.807) is 11.0 Å². The molecular formula is C9H18N3O3PS. The standard InChI is InChI=1S/C9H18N3O3PS/c1-3-9(4-2,5-16(13,14)15)17-8-12-7-10-6-11-12/h6-7H,3-5,8H2,1-2H3,(H2,13,14,15). The minimum absolute atomic E-state index is 0.0909. The Morgan fingerprint density at radius 2 is 2.06 bits per heavy atom. The third-order valence-corrected chi connectivity index (χ3v) is 5.71. The number of hydrogen-bond acceptors (Lipinski definition) is 4. The van der Waals surface area contributed by atoms with Gasteiger partial charge in [0.25, 0.3) is 0 Å². The zero-order valence-corrected chi connectivity index (χ0v) is 11.7. The van der Waals surface area contributed by atoms with Crippen molar-refractivity contribution in [3.05, 3.63) is 12.7 Å². The lowest BCUT2D eigenvalue weighted by Crippen LogP contribution is -2.28. The van der Waals surface area contributed by atoms with E-state index in [4.69, 9.17) is 9.79 Å². The highest BCUT2D eigenvalue weighted by Gasteiger charge is 2.34. The summed E-state index contributed by atoms with van der Waals surface area (Å²) in [6.07, 6.45) is 4.39. The number of hydrogen-bond donors (Lipinski definition) is 2.